The zero-order valence-corrected chi connectivity index (χ0v) is 12.5. The Balaban J connectivity index is 2.42. The van der Waals surface area contributed by atoms with E-state index in [1.807, 2.05) is 6.92 Å². The molecule has 0 spiro atoms. The highest BCUT2D eigenvalue weighted by Crippen LogP contribution is 2.21. The van der Waals surface area contributed by atoms with E-state index in [2.05, 4.69) is 21.2 Å². The predicted molar refractivity (Wildman–Crippen MR) is 73.5 cm³/mol. The summed E-state index contributed by atoms with van der Waals surface area (Å²) in [6.45, 7) is 3.29. The Kier molecular flexibility index (Phi) is 5.75. The highest BCUT2D eigenvalue weighted by Gasteiger charge is 2.18. The summed E-state index contributed by atoms with van der Waals surface area (Å²) < 4.78 is 19.1. The van der Waals surface area contributed by atoms with Crippen LogP contribution in [-0.2, 0) is 4.79 Å². The first-order chi connectivity index (χ1) is 8.84. The van der Waals surface area contributed by atoms with Crippen LogP contribution in [0.5, 0.6) is 5.75 Å². The summed E-state index contributed by atoms with van der Waals surface area (Å²) in [6.07, 6.45) is 0.523. The van der Waals surface area contributed by atoms with Crippen molar-refractivity contribution in [3.63, 3.8) is 0 Å². The lowest BCUT2D eigenvalue weighted by atomic mass is 10.0. The Hall–Kier alpha value is -1.14. The van der Waals surface area contributed by atoms with Crippen LogP contribution in [0.15, 0.2) is 22.7 Å². The van der Waals surface area contributed by atoms with Crippen molar-refractivity contribution in [3.05, 3.63) is 28.5 Å². The fraction of sp³-hybridized carbons (Fsp3) is 0.462. The molecule has 0 saturated carbocycles. The highest BCUT2D eigenvalue weighted by atomic mass is 79.9. The molecule has 1 aromatic rings. The molecule has 0 aliphatic rings. The lowest BCUT2D eigenvalue weighted by Crippen LogP contribution is -2.41. The van der Waals surface area contributed by atoms with Crippen molar-refractivity contribution in [1.82, 2.24) is 5.32 Å². The Bertz CT molecular complexity index is 452. The van der Waals surface area contributed by atoms with E-state index in [0.717, 1.165) is 0 Å². The third-order valence-electron chi connectivity index (χ3n) is 2.68. The van der Waals surface area contributed by atoms with E-state index < -0.39 is 17.3 Å². The van der Waals surface area contributed by atoms with Gasteiger partial charge in [-0.05, 0) is 31.5 Å². The first-order valence-corrected chi connectivity index (χ1v) is 6.70. The Morgan fingerprint density at radius 3 is 2.84 bits per heavy atom. The number of ether oxygens (including phenoxy) is 1. The van der Waals surface area contributed by atoms with Gasteiger partial charge in [0.2, 0.25) is 0 Å². The lowest BCUT2D eigenvalue weighted by Gasteiger charge is -2.21. The number of nitrogens with one attached hydrogen (secondary N) is 1. The van der Waals surface area contributed by atoms with E-state index in [1.165, 1.54) is 12.1 Å². The zero-order chi connectivity index (χ0) is 14.5. The molecule has 1 amide bonds. The standard InChI is InChI=1S/C13H17BrFNO3/c1-3-13(2,18)8-16-12(17)7-19-11-5-4-9(14)6-10(11)15/h4-6,18H,3,7-8H2,1-2H3,(H,16,17). The summed E-state index contributed by atoms with van der Waals surface area (Å²) in [5, 5.41) is 12.2. The van der Waals surface area contributed by atoms with Gasteiger partial charge in [0.25, 0.3) is 5.91 Å². The van der Waals surface area contributed by atoms with Crippen molar-refractivity contribution in [3.8, 4) is 5.75 Å². The number of hydrogen-bond donors (Lipinski definition) is 2. The summed E-state index contributed by atoms with van der Waals surface area (Å²) >= 11 is 3.13. The monoisotopic (exact) mass is 333 g/mol. The van der Waals surface area contributed by atoms with Crippen LogP contribution in [0.3, 0.4) is 0 Å². The Morgan fingerprint density at radius 2 is 2.26 bits per heavy atom. The van der Waals surface area contributed by atoms with Gasteiger partial charge in [-0.3, -0.25) is 4.79 Å². The van der Waals surface area contributed by atoms with E-state index in [4.69, 9.17) is 4.74 Å². The second-order valence-corrected chi connectivity index (χ2v) is 5.41. The second kappa shape index (κ2) is 6.86. The average Bonchev–Trinajstić information content (AvgIpc) is 2.35. The second-order valence-electron chi connectivity index (χ2n) is 4.49. The molecule has 106 valence electrons. The van der Waals surface area contributed by atoms with Crippen LogP contribution in [-0.4, -0.2) is 29.8 Å². The zero-order valence-electron chi connectivity index (χ0n) is 10.9. The van der Waals surface area contributed by atoms with Gasteiger partial charge in [-0.25, -0.2) is 4.39 Å². The molecule has 1 atom stereocenters. The topological polar surface area (TPSA) is 58.6 Å². The van der Waals surface area contributed by atoms with Gasteiger partial charge in [0.1, 0.15) is 0 Å². The van der Waals surface area contributed by atoms with Crippen LogP contribution < -0.4 is 10.1 Å². The molecule has 0 aliphatic carbocycles. The number of amides is 1. The molecule has 1 rings (SSSR count). The van der Waals surface area contributed by atoms with Crippen molar-refractivity contribution in [1.29, 1.82) is 0 Å². The summed E-state index contributed by atoms with van der Waals surface area (Å²) in [5.74, 6) is -0.931. The SMILES string of the molecule is CCC(C)(O)CNC(=O)COc1ccc(Br)cc1F. The molecule has 0 fully saturated rings. The molecule has 0 saturated heterocycles. The van der Waals surface area contributed by atoms with Crippen molar-refractivity contribution < 1.29 is 19.0 Å². The molecular weight excluding hydrogens is 317 g/mol. The third-order valence-corrected chi connectivity index (χ3v) is 3.17. The quantitative estimate of drug-likeness (QED) is 0.839. The van der Waals surface area contributed by atoms with Gasteiger partial charge in [0.15, 0.2) is 18.2 Å². The van der Waals surface area contributed by atoms with Crippen LogP contribution >= 0.6 is 15.9 Å². The van der Waals surface area contributed by atoms with Gasteiger partial charge in [0, 0.05) is 11.0 Å². The molecule has 1 unspecified atom stereocenters. The maximum Gasteiger partial charge on any atom is 0.258 e. The maximum atomic E-state index is 13.4. The van der Waals surface area contributed by atoms with Gasteiger partial charge in [0.05, 0.1) is 5.60 Å². The summed E-state index contributed by atoms with van der Waals surface area (Å²) in [7, 11) is 0. The molecule has 6 heteroatoms. The number of carbonyl (C=O) groups is 1. The average molecular weight is 334 g/mol. The Labute approximate surface area is 120 Å². The van der Waals surface area contributed by atoms with Gasteiger partial charge in [-0.2, -0.15) is 0 Å². The molecule has 0 aromatic heterocycles. The van der Waals surface area contributed by atoms with Crippen LogP contribution in [0.2, 0.25) is 0 Å². The van der Waals surface area contributed by atoms with Crippen molar-refractivity contribution >= 4 is 21.8 Å². The normalized spacial score (nSPS) is 13.7. The first kappa shape index (κ1) is 15.9. The van der Waals surface area contributed by atoms with Crippen molar-refractivity contribution in [2.45, 2.75) is 25.9 Å². The predicted octanol–water partition coefficient (Wildman–Crippen LogP) is 2.24. The van der Waals surface area contributed by atoms with E-state index in [9.17, 15) is 14.3 Å². The van der Waals surface area contributed by atoms with Crippen molar-refractivity contribution in [2.75, 3.05) is 13.2 Å². The fourth-order valence-corrected chi connectivity index (χ4v) is 1.53. The number of aliphatic hydroxyl groups is 1. The summed E-state index contributed by atoms with van der Waals surface area (Å²) in [4.78, 5) is 11.5. The molecule has 1 aromatic carbocycles. The maximum absolute atomic E-state index is 13.4. The minimum Gasteiger partial charge on any atom is -0.481 e. The first-order valence-electron chi connectivity index (χ1n) is 5.91. The van der Waals surface area contributed by atoms with E-state index in [-0.39, 0.29) is 18.9 Å². The largest absolute Gasteiger partial charge is 0.481 e. The van der Waals surface area contributed by atoms with Crippen LogP contribution in [0.25, 0.3) is 0 Å². The molecule has 0 radical (unpaired) electrons. The van der Waals surface area contributed by atoms with Crippen LogP contribution in [0.4, 0.5) is 4.39 Å². The van der Waals surface area contributed by atoms with Gasteiger partial charge >= 0.3 is 0 Å². The van der Waals surface area contributed by atoms with Gasteiger partial charge in [-0.1, -0.05) is 22.9 Å². The van der Waals surface area contributed by atoms with Gasteiger partial charge in [-0.15, -0.1) is 0 Å². The Morgan fingerprint density at radius 1 is 1.58 bits per heavy atom. The lowest BCUT2D eigenvalue weighted by molar-refractivity contribution is -0.124. The van der Waals surface area contributed by atoms with E-state index >= 15 is 0 Å². The minimum absolute atomic E-state index is 0.0144. The van der Waals surface area contributed by atoms with Crippen molar-refractivity contribution in [2.24, 2.45) is 0 Å². The number of rotatable bonds is 6. The summed E-state index contributed by atoms with van der Waals surface area (Å²) in [6, 6.07) is 4.32. The van der Waals surface area contributed by atoms with Gasteiger partial charge < -0.3 is 15.2 Å². The molecule has 2 N–H and O–H groups in total. The molecule has 0 aliphatic heterocycles. The summed E-state index contributed by atoms with van der Waals surface area (Å²) in [5.41, 5.74) is -0.946. The van der Waals surface area contributed by atoms with E-state index in [1.54, 1.807) is 13.0 Å². The minimum atomic E-state index is -0.946. The molecule has 4 nitrogen and oxygen atoms in total. The molecule has 0 heterocycles. The number of hydrogen-bond acceptors (Lipinski definition) is 3. The van der Waals surface area contributed by atoms with Crippen LogP contribution in [0, 0.1) is 5.82 Å². The van der Waals surface area contributed by atoms with E-state index in [0.29, 0.717) is 10.9 Å². The number of halogens is 2. The number of carbonyl (C=O) groups excluding carboxylic acids is 1. The molecule has 19 heavy (non-hydrogen) atoms. The highest BCUT2D eigenvalue weighted by molar-refractivity contribution is 9.10. The third kappa shape index (κ3) is 5.57. The fourth-order valence-electron chi connectivity index (χ4n) is 1.20. The molecular formula is C13H17BrFNO3. The number of benzene rings is 1. The van der Waals surface area contributed by atoms with Crippen LogP contribution in [0.1, 0.15) is 20.3 Å². The molecule has 0 bridgehead atoms. The smallest absolute Gasteiger partial charge is 0.258 e.